The lowest BCUT2D eigenvalue weighted by atomic mass is 10.2. The molecular weight excluding hydrogens is 278 g/mol. The number of nitrogens with zero attached hydrogens (tertiary/aromatic N) is 4. The first-order chi connectivity index (χ1) is 9.65. The van der Waals surface area contributed by atoms with Crippen molar-refractivity contribution < 1.29 is 4.79 Å². The van der Waals surface area contributed by atoms with Gasteiger partial charge in [0.25, 0.3) is 5.91 Å². The highest BCUT2D eigenvalue weighted by molar-refractivity contribution is 6.32. The molecule has 0 aliphatic carbocycles. The number of rotatable bonds is 2. The van der Waals surface area contributed by atoms with E-state index in [4.69, 9.17) is 11.6 Å². The number of nitrogens with one attached hydrogen (secondary N) is 1. The van der Waals surface area contributed by atoms with E-state index in [0.29, 0.717) is 16.9 Å². The second kappa shape index (κ2) is 4.90. The Hall–Kier alpha value is -2.47. The van der Waals surface area contributed by atoms with Gasteiger partial charge in [0.05, 0.1) is 5.69 Å². The summed E-state index contributed by atoms with van der Waals surface area (Å²) in [7, 11) is 0. The van der Waals surface area contributed by atoms with Gasteiger partial charge in [-0.3, -0.25) is 9.20 Å². The van der Waals surface area contributed by atoms with Crippen molar-refractivity contribution >= 4 is 28.8 Å². The maximum absolute atomic E-state index is 12.2. The van der Waals surface area contributed by atoms with Gasteiger partial charge in [-0.25, -0.2) is 4.98 Å². The van der Waals surface area contributed by atoms with Gasteiger partial charge in [-0.05, 0) is 31.2 Å². The van der Waals surface area contributed by atoms with Gasteiger partial charge in [0.15, 0.2) is 10.8 Å². The number of hydrogen-bond donors (Lipinski definition) is 1. The van der Waals surface area contributed by atoms with E-state index in [-0.39, 0.29) is 11.1 Å². The van der Waals surface area contributed by atoms with E-state index < -0.39 is 0 Å². The zero-order chi connectivity index (χ0) is 14.1. The molecule has 0 atom stereocenters. The fourth-order valence-electron chi connectivity index (χ4n) is 1.83. The molecule has 3 aromatic rings. The molecule has 1 amide bonds. The van der Waals surface area contributed by atoms with Crippen LogP contribution in [0.2, 0.25) is 5.15 Å². The maximum atomic E-state index is 12.2. The van der Waals surface area contributed by atoms with Crippen LogP contribution in [0.5, 0.6) is 0 Å². The first kappa shape index (κ1) is 12.6. The van der Waals surface area contributed by atoms with Crippen LogP contribution in [0.3, 0.4) is 0 Å². The van der Waals surface area contributed by atoms with Crippen LogP contribution in [-0.4, -0.2) is 25.5 Å². The highest BCUT2D eigenvalue weighted by Crippen LogP contribution is 2.18. The number of anilines is 1. The molecule has 0 fully saturated rings. The summed E-state index contributed by atoms with van der Waals surface area (Å²) < 4.78 is 1.80. The topological polar surface area (TPSA) is 72.2 Å². The molecule has 3 heterocycles. The lowest BCUT2D eigenvalue weighted by Crippen LogP contribution is -2.12. The normalized spacial score (nSPS) is 10.7. The number of fused-ring (bicyclic) bond motifs is 1. The zero-order valence-electron chi connectivity index (χ0n) is 10.5. The van der Waals surface area contributed by atoms with E-state index in [1.54, 1.807) is 41.1 Å². The van der Waals surface area contributed by atoms with Gasteiger partial charge in [0, 0.05) is 18.0 Å². The molecule has 0 saturated carbocycles. The molecular formula is C13H10ClN5O. The molecule has 20 heavy (non-hydrogen) atoms. The number of carbonyl (C=O) groups excluding carboxylic acids is 1. The Bertz CT molecular complexity index is 798. The molecule has 3 rings (SSSR count). The van der Waals surface area contributed by atoms with Crippen molar-refractivity contribution in [2.75, 3.05) is 5.32 Å². The molecule has 6 nitrogen and oxygen atoms in total. The fraction of sp³-hybridized carbons (Fsp3) is 0.0769. The summed E-state index contributed by atoms with van der Waals surface area (Å²) in [6.07, 6.45) is 3.31. The van der Waals surface area contributed by atoms with Crippen LogP contribution in [0, 0.1) is 6.92 Å². The molecule has 0 spiro atoms. The molecule has 1 N–H and O–H groups in total. The van der Waals surface area contributed by atoms with Crippen molar-refractivity contribution in [3.63, 3.8) is 0 Å². The number of amides is 1. The van der Waals surface area contributed by atoms with Crippen molar-refractivity contribution in [2.45, 2.75) is 6.92 Å². The number of aryl methyl sites for hydroxylation is 1. The minimum absolute atomic E-state index is 0.250. The molecule has 0 aliphatic rings. The number of carbonyl (C=O) groups is 1. The Kier molecular flexibility index (Phi) is 3.08. The Balaban J connectivity index is 1.91. The summed E-state index contributed by atoms with van der Waals surface area (Å²) in [6.45, 7) is 1.84. The van der Waals surface area contributed by atoms with Crippen LogP contribution >= 0.6 is 11.6 Å². The third-order valence-corrected chi connectivity index (χ3v) is 3.15. The molecule has 7 heteroatoms. The summed E-state index contributed by atoms with van der Waals surface area (Å²) in [5.74, 6) is 0.491. The molecule has 3 aromatic heterocycles. The number of pyridine rings is 2. The van der Waals surface area contributed by atoms with Gasteiger partial charge in [0.1, 0.15) is 5.82 Å². The number of halogens is 1. The van der Waals surface area contributed by atoms with E-state index >= 15 is 0 Å². The smallest absolute Gasteiger partial charge is 0.255 e. The summed E-state index contributed by atoms with van der Waals surface area (Å²) in [5, 5.41) is 10.9. The molecule has 0 unspecified atom stereocenters. The standard InChI is InChI=1S/C13H10ClN5O/c1-8-17-18-11-7-9(4-6-19(8)11)13(20)16-10-3-2-5-15-12(10)14/h2-7H,1H3,(H,16,20). The summed E-state index contributed by atoms with van der Waals surface area (Å²) in [6, 6.07) is 6.75. The van der Waals surface area contributed by atoms with E-state index in [1.807, 2.05) is 6.92 Å². The van der Waals surface area contributed by atoms with Crippen LogP contribution in [0.4, 0.5) is 5.69 Å². The van der Waals surface area contributed by atoms with E-state index in [2.05, 4.69) is 20.5 Å². The average Bonchev–Trinajstić information content (AvgIpc) is 2.82. The van der Waals surface area contributed by atoms with Gasteiger partial charge in [-0.1, -0.05) is 11.6 Å². The zero-order valence-corrected chi connectivity index (χ0v) is 11.3. The van der Waals surface area contributed by atoms with Crippen LogP contribution in [0.15, 0.2) is 36.7 Å². The number of hydrogen-bond acceptors (Lipinski definition) is 4. The van der Waals surface area contributed by atoms with Crippen LogP contribution in [0.25, 0.3) is 5.65 Å². The maximum Gasteiger partial charge on any atom is 0.255 e. The van der Waals surface area contributed by atoms with Crippen molar-refractivity contribution in [1.29, 1.82) is 0 Å². The van der Waals surface area contributed by atoms with Gasteiger partial charge >= 0.3 is 0 Å². The Labute approximate surface area is 119 Å². The summed E-state index contributed by atoms with van der Waals surface area (Å²) in [4.78, 5) is 16.1. The SMILES string of the molecule is Cc1nnc2cc(C(=O)Nc3cccnc3Cl)ccn12. The second-order valence-corrected chi connectivity index (χ2v) is 4.54. The Morgan fingerprint density at radius 3 is 3.00 bits per heavy atom. The van der Waals surface area contributed by atoms with E-state index in [9.17, 15) is 4.79 Å². The Morgan fingerprint density at radius 1 is 1.35 bits per heavy atom. The third kappa shape index (κ3) is 2.21. The molecule has 0 bridgehead atoms. The van der Waals surface area contributed by atoms with E-state index in [1.165, 1.54) is 0 Å². The van der Waals surface area contributed by atoms with Gasteiger partial charge in [-0.2, -0.15) is 0 Å². The van der Waals surface area contributed by atoms with Crippen LogP contribution in [-0.2, 0) is 0 Å². The van der Waals surface area contributed by atoms with Crippen molar-refractivity contribution in [3.8, 4) is 0 Å². The van der Waals surface area contributed by atoms with Gasteiger partial charge in [0.2, 0.25) is 0 Å². The van der Waals surface area contributed by atoms with Crippen molar-refractivity contribution in [3.05, 3.63) is 53.2 Å². The second-order valence-electron chi connectivity index (χ2n) is 4.19. The fourth-order valence-corrected chi connectivity index (χ4v) is 1.99. The molecule has 0 saturated heterocycles. The lowest BCUT2D eigenvalue weighted by Gasteiger charge is -2.06. The third-order valence-electron chi connectivity index (χ3n) is 2.85. The van der Waals surface area contributed by atoms with Crippen molar-refractivity contribution in [2.24, 2.45) is 0 Å². The quantitative estimate of drug-likeness (QED) is 0.734. The van der Waals surface area contributed by atoms with Crippen LogP contribution < -0.4 is 5.32 Å². The molecule has 0 radical (unpaired) electrons. The first-order valence-electron chi connectivity index (χ1n) is 5.88. The average molecular weight is 288 g/mol. The predicted octanol–water partition coefficient (Wildman–Crippen LogP) is 2.34. The minimum Gasteiger partial charge on any atom is -0.319 e. The highest BCUT2D eigenvalue weighted by atomic mass is 35.5. The lowest BCUT2D eigenvalue weighted by molar-refractivity contribution is 0.102. The molecule has 100 valence electrons. The minimum atomic E-state index is -0.275. The molecule has 0 aromatic carbocycles. The largest absolute Gasteiger partial charge is 0.319 e. The van der Waals surface area contributed by atoms with Crippen LogP contribution in [0.1, 0.15) is 16.2 Å². The van der Waals surface area contributed by atoms with Gasteiger partial charge < -0.3 is 5.32 Å². The molecule has 0 aliphatic heterocycles. The summed E-state index contributed by atoms with van der Waals surface area (Å²) in [5.41, 5.74) is 1.56. The first-order valence-corrected chi connectivity index (χ1v) is 6.26. The highest BCUT2D eigenvalue weighted by Gasteiger charge is 2.10. The number of aromatic nitrogens is 4. The monoisotopic (exact) mass is 287 g/mol. The van der Waals surface area contributed by atoms with Gasteiger partial charge in [-0.15, -0.1) is 10.2 Å². The Morgan fingerprint density at radius 2 is 2.20 bits per heavy atom. The summed E-state index contributed by atoms with van der Waals surface area (Å²) >= 11 is 5.90. The predicted molar refractivity (Wildman–Crippen MR) is 74.9 cm³/mol. The van der Waals surface area contributed by atoms with E-state index in [0.717, 1.165) is 5.82 Å². The van der Waals surface area contributed by atoms with Crippen molar-refractivity contribution in [1.82, 2.24) is 19.6 Å².